The van der Waals surface area contributed by atoms with Crippen LogP contribution in [0.15, 0.2) is 67.0 Å². The van der Waals surface area contributed by atoms with E-state index >= 15 is 0 Å². The maximum Gasteiger partial charge on any atom is 0.251 e. The number of aromatic nitrogens is 2. The van der Waals surface area contributed by atoms with Crippen LogP contribution in [0.1, 0.15) is 30.1 Å². The van der Waals surface area contributed by atoms with Crippen LogP contribution in [0.25, 0.3) is 11.3 Å². The third-order valence-electron chi connectivity index (χ3n) is 6.02. The van der Waals surface area contributed by atoms with Gasteiger partial charge < -0.3 is 20.9 Å². The van der Waals surface area contributed by atoms with Crippen molar-refractivity contribution in [3.8, 4) is 11.3 Å². The van der Waals surface area contributed by atoms with Crippen molar-refractivity contribution < 1.29 is 14.4 Å². The van der Waals surface area contributed by atoms with E-state index in [1.54, 1.807) is 30.6 Å². The standard InChI is InChI=1S/C27H30N6O3/c1-19(34)32-23-11-9-21(10-12-23)26(35)28-13-14-29-27(36)22-8-5-15-33(17-22)25-16-24(30-18-31-25)20-6-3-2-4-7-20/h2-4,6-7,9-12,16,18,22H,5,8,13-15,17H2,1H3,(H,28,35)(H,29,36)(H,32,34). The summed E-state index contributed by atoms with van der Waals surface area (Å²) in [5.41, 5.74) is 3.00. The van der Waals surface area contributed by atoms with Crippen LogP contribution in [0.3, 0.4) is 0 Å². The second kappa shape index (κ2) is 11.9. The summed E-state index contributed by atoms with van der Waals surface area (Å²) in [5, 5.41) is 8.41. The van der Waals surface area contributed by atoms with Crippen molar-refractivity contribution in [3.05, 3.63) is 72.6 Å². The molecule has 1 unspecified atom stereocenters. The number of carbonyl (C=O) groups is 3. The van der Waals surface area contributed by atoms with Gasteiger partial charge in [0.25, 0.3) is 5.91 Å². The lowest BCUT2D eigenvalue weighted by Crippen LogP contribution is -2.45. The van der Waals surface area contributed by atoms with Crippen LogP contribution in [0.2, 0.25) is 0 Å². The SMILES string of the molecule is CC(=O)Nc1ccc(C(=O)NCCNC(=O)C2CCCN(c3cc(-c4ccccc4)ncn3)C2)cc1. The van der Waals surface area contributed by atoms with E-state index in [9.17, 15) is 14.4 Å². The number of rotatable bonds is 8. The summed E-state index contributed by atoms with van der Waals surface area (Å²) >= 11 is 0. The highest BCUT2D eigenvalue weighted by atomic mass is 16.2. The highest BCUT2D eigenvalue weighted by Crippen LogP contribution is 2.25. The Labute approximate surface area is 210 Å². The third-order valence-corrected chi connectivity index (χ3v) is 6.02. The Morgan fingerprint density at radius 3 is 2.47 bits per heavy atom. The van der Waals surface area contributed by atoms with E-state index < -0.39 is 0 Å². The lowest BCUT2D eigenvalue weighted by atomic mass is 9.97. The minimum atomic E-state index is -0.236. The Balaban J connectivity index is 1.24. The van der Waals surface area contributed by atoms with Gasteiger partial charge in [-0.25, -0.2) is 9.97 Å². The number of amides is 3. The maximum atomic E-state index is 12.8. The number of piperidine rings is 1. The summed E-state index contributed by atoms with van der Waals surface area (Å²) in [6.45, 7) is 3.52. The van der Waals surface area contributed by atoms with E-state index in [0.29, 0.717) is 30.9 Å². The van der Waals surface area contributed by atoms with Gasteiger partial charge in [0.1, 0.15) is 12.1 Å². The van der Waals surface area contributed by atoms with E-state index in [1.807, 2.05) is 36.4 Å². The number of carbonyl (C=O) groups excluding carboxylic acids is 3. The van der Waals surface area contributed by atoms with E-state index in [0.717, 1.165) is 36.5 Å². The number of nitrogens with one attached hydrogen (secondary N) is 3. The first-order chi connectivity index (χ1) is 17.5. The van der Waals surface area contributed by atoms with Gasteiger partial charge in [-0.3, -0.25) is 14.4 Å². The molecule has 0 spiro atoms. The minimum Gasteiger partial charge on any atom is -0.356 e. The molecule has 1 aliphatic heterocycles. The van der Waals surface area contributed by atoms with Gasteiger partial charge in [0, 0.05) is 56.0 Å². The Morgan fingerprint density at radius 1 is 0.972 bits per heavy atom. The molecule has 2 aromatic carbocycles. The monoisotopic (exact) mass is 486 g/mol. The lowest BCUT2D eigenvalue weighted by Gasteiger charge is -2.33. The van der Waals surface area contributed by atoms with Gasteiger partial charge in [-0.05, 0) is 37.1 Å². The predicted octanol–water partition coefficient (Wildman–Crippen LogP) is 2.86. The average Bonchev–Trinajstić information content (AvgIpc) is 2.91. The van der Waals surface area contributed by atoms with E-state index in [-0.39, 0.29) is 23.6 Å². The highest BCUT2D eigenvalue weighted by molar-refractivity contribution is 5.95. The van der Waals surface area contributed by atoms with E-state index in [2.05, 4.69) is 30.8 Å². The molecule has 3 aromatic rings. The predicted molar refractivity (Wildman–Crippen MR) is 138 cm³/mol. The van der Waals surface area contributed by atoms with Crippen LogP contribution in [0.4, 0.5) is 11.5 Å². The molecule has 3 amide bonds. The number of hydrogen-bond donors (Lipinski definition) is 3. The Kier molecular flexibility index (Phi) is 8.23. The largest absolute Gasteiger partial charge is 0.356 e. The van der Waals surface area contributed by atoms with Crippen LogP contribution in [-0.4, -0.2) is 53.9 Å². The summed E-state index contributed by atoms with van der Waals surface area (Å²) in [6, 6.07) is 18.6. The topological polar surface area (TPSA) is 116 Å². The summed E-state index contributed by atoms with van der Waals surface area (Å²) in [4.78, 5) is 47.2. The number of nitrogens with zero attached hydrogens (tertiary/aromatic N) is 3. The zero-order chi connectivity index (χ0) is 25.3. The van der Waals surface area contributed by atoms with Gasteiger partial charge >= 0.3 is 0 Å². The third kappa shape index (κ3) is 6.65. The van der Waals surface area contributed by atoms with Gasteiger partial charge in [0.05, 0.1) is 11.6 Å². The molecule has 36 heavy (non-hydrogen) atoms. The fraction of sp³-hybridized carbons (Fsp3) is 0.296. The number of benzene rings is 2. The van der Waals surface area contributed by atoms with Crippen LogP contribution in [-0.2, 0) is 9.59 Å². The molecule has 0 aliphatic carbocycles. The van der Waals surface area contributed by atoms with Crippen molar-refractivity contribution in [2.75, 3.05) is 36.4 Å². The quantitative estimate of drug-likeness (QED) is 0.422. The molecule has 9 nitrogen and oxygen atoms in total. The summed E-state index contributed by atoms with van der Waals surface area (Å²) < 4.78 is 0. The molecule has 0 bridgehead atoms. The summed E-state index contributed by atoms with van der Waals surface area (Å²) in [6.07, 6.45) is 3.28. The van der Waals surface area contributed by atoms with Crippen molar-refractivity contribution in [2.45, 2.75) is 19.8 Å². The molecule has 1 aromatic heterocycles. The van der Waals surface area contributed by atoms with Gasteiger partial charge in [0.15, 0.2) is 0 Å². The smallest absolute Gasteiger partial charge is 0.251 e. The zero-order valence-corrected chi connectivity index (χ0v) is 20.2. The Bertz CT molecular complexity index is 1200. The van der Waals surface area contributed by atoms with E-state index in [1.165, 1.54) is 6.92 Å². The van der Waals surface area contributed by atoms with Crippen LogP contribution in [0, 0.1) is 5.92 Å². The fourth-order valence-electron chi connectivity index (χ4n) is 4.20. The molecule has 1 saturated heterocycles. The molecule has 0 radical (unpaired) electrons. The number of hydrogen-bond acceptors (Lipinski definition) is 6. The maximum absolute atomic E-state index is 12.8. The van der Waals surface area contributed by atoms with Crippen LogP contribution in [0.5, 0.6) is 0 Å². The van der Waals surface area contributed by atoms with Crippen molar-refractivity contribution in [1.82, 2.24) is 20.6 Å². The number of anilines is 2. The van der Waals surface area contributed by atoms with Gasteiger partial charge in [-0.15, -0.1) is 0 Å². The molecule has 1 fully saturated rings. The second-order valence-electron chi connectivity index (χ2n) is 8.72. The zero-order valence-electron chi connectivity index (χ0n) is 20.2. The molecule has 1 aliphatic rings. The fourth-order valence-corrected chi connectivity index (χ4v) is 4.20. The molecular formula is C27H30N6O3. The summed E-state index contributed by atoms with van der Waals surface area (Å²) in [5.74, 6) is 0.244. The average molecular weight is 487 g/mol. The summed E-state index contributed by atoms with van der Waals surface area (Å²) in [7, 11) is 0. The van der Waals surface area contributed by atoms with Crippen LogP contribution < -0.4 is 20.9 Å². The van der Waals surface area contributed by atoms with Gasteiger partial charge in [0.2, 0.25) is 11.8 Å². The van der Waals surface area contributed by atoms with Gasteiger partial charge in [-0.1, -0.05) is 30.3 Å². The highest BCUT2D eigenvalue weighted by Gasteiger charge is 2.26. The van der Waals surface area contributed by atoms with Gasteiger partial charge in [-0.2, -0.15) is 0 Å². The van der Waals surface area contributed by atoms with Crippen LogP contribution >= 0.6 is 0 Å². The van der Waals surface area contributed by atoms with Crippen molar-refractivity contribution in [1.29, 1.82) is 0 Å². The molecule has 2 heterocycles. The van der Waals surface area contributed by atoms with Crippen molar-refractivity contribution in [2.24, 2.45) is 5.92 Å². The molecule has 0 saturated carbocycles. The molecule has 9 heteroatoms. The Hall–Kier alpha value is -4.27. The van der Waals surface area contributed by atoms with Crippen molar-refractivity contribution >= 4 is 29.2 Å². The first-order valence-corrected chi connectivity index (χ1v) is 12.1. The molecule has 3 N–H and O–H groups in total. The normalized spacial score (nSPS) is 15.1. The second-order valence-corrected chi connectivity index (χ2v) is 8.72. The van der Waals surface area contributed by atoms with E-state index in [4.69, 9.17) is 0 Å². The molecule has 4 rings (SSSR count). The van der Waals surface area contributed by atoms with Crippen molar-refractivity contribution in [3.63, 3.8) is 0 Å². The molecule has 1 atom stereocenters. The first kappa shape index (κ1) is 24.8. The first-order valence-electron chi connectivity index (χ1n) is 12.1. The Morgan fingerprint density at radius 2 is 1.72 bits per heavy atom. The minimum absolute atomic E-state index is 0.0223. The molecule has 186 valence electrons. The lowest BCUT2D eigenvalue weighted by molar-refractivity contribution is -0.125. The molecular weight excluding hydrogens is 456 g/mol.